The molecule has 106 valence electrons. The second-order valence-corrected chi connectivity index (χ2v) is 5.55. The van der Waals surface area contributed by atoms with Crippen molar-refractivity contribution < 1.29 is 14.5 Å². The van der Waals surface area contributed by atoms with Crippen LogP contribution in [0.2, 0.25) is 0 Å². The Hall–Kier alpha value is -2.11. The van der Waals surface area contributed by atoms with Crippen LogP contribution in [0.1, 0.15) is 13.3 Å². The fourth-order valence-corrected chi connectivity index (χ4v) is 2.43. The molecule has 1 aliphatic carbocycles. The molecule has 2 fully saturated rings. The minimum atomic E-state index is -0.440. The van der Waals surface area contributed by atoms with E-state index in [9.17, 15) is 14.9 Å². The molecule has 0 radical (unpaired) electrons. The van der Waals surface area contributed by atoms with Gasteiger partial charge in [0.15, 0.2) is 0 Å². The van der Waals surface area contributed by atoms with Crippen LogP contribution in [0.15, 0.2) is 24.3 Å². The Morgan fingerprint density at radius 3 is 2.45 bits per heavy atom. The van der Waals surface area contributed by atoms with Crippen molar-refractivity contribution in [1.82, 2.24) is 4.90 Å². The van der Waals surface area contributed by atoms with Gasteiger partial charge in [0.05, 0.1) is 18.0 Å². The van der Waals surface area contributed by atoms with Crippen molar-refractivity contribution in [3.05, 3.63) is 34.4 Å². The molecule has 0 spiro atoms. The number of benzene rings is 1. The third-order valence-corrected chi connectivity index (χ3v) is 3.94. The van der Waals surface area contributed by atoms with Crippen molar-refractivity contribution in [2.45, 2.75) is 19.4 Å². The fraction of sp³-hybridized carbons (Fsp3) is 0.500. The lowest BCUT2D eigenvalue weighted by Gasteiger charge is -2.39. The normalized spacial score (nSPS) is 24.9. The van der Waals surface area contributed by atoms with Crippen molar-refractivity contribution in [3.63, 3.8) is 0 Å². The minimum absolute atomic E-state index is 0.00513. The maximum absolute atomic E-state index is 11.9. The maximum Gasteiger partial charge on any atom is 0.269 e. The summed E-state index contributed by atoms with van der Waals surface area (Å²) in [5.41, 5.74) is 0.0467. The quantitative estimate of drug-likeness (QED) is 0.621. The molecule has 0 aromatic heterocycles. The molecule has 6 nitrogen and oxygen atoms in total. The summed E-state index contributed by atoms with van der Waals surface area (Å²) in [4.78, 5) is 23.8. The first-order chi connectivity index (χ1) is 9.54. The Bertz CT molecular complexity index is 537. The molecule has 1 aromatic rings. The standard InChI is InChI=1S/C14H16N2O4/c1-9-6-13(9)14(17)15-7-12(8-15)20-11-4-2-10(3-5-11)16(18)19/h2-5,9,12-13H,6-8H2,1H3. The largest absolute Gasteiger partial charge is 0.487 e. The van der Waals surface area contributed by atoms with Gasteiger partial charge in [-0.1, -0.05) is 6.92 Å². The van der Waals surface area contributed by atoms with Crippen molar-refractivity contribution >= 4 is 11.6 Å². The van der Waals surface area contributed by atoms with E-state index in [2.05, 4.69) is 6.92 Å². The molecule has 0 bridgehead atoms. The summed E-state index contributed by atoms with van der Waals surface area (Å²) in [7, 11) is 0. The molecule has 1 saturated heterocycles. The van der Waals surface area contributed by atoms with Crippen molar-refractivity contribution in [2.24, 2.45) is 11.8 Å². The van der Waals surface area contributed by atoms with Crippen LogP contribution in [-0.2, 0) is 4.79 Å². The lowest BCUT2D eigenvalue weighted by Crippen LogP contribution is -2.56. The van der Waals surface area contributed by atoms with Crippen molar-refractivity contribution in [1.29, 1.82) is 0 Å². The molecule has 1 aliphatic heterocycles. The highest BCUT2D eigenvalue weighted by atomic mass is 16.6. The van der Waals surface area contributed by atoms with Crippen LogP contribution in [0, 0.1) is 22.0 Å². The van der Waals surface area contributed by atoms with Gasteiger partial charge in [-0.15, -0.1) is 0 Å². The number of nitro groups is 1. The van der Waals surface area contributed by atoms with Crippen LogP contribution in [0.4, 0.5) is 5.69 Å². The van der Waals surface area contributed by atoms with E-state index < -0.39 is 4.92 Å². The van der Waals surface area contributed by atoms with Gasteiger partial charge in [0.25, 0.3) is 5.69 Å². The maximum atomic E-state index is 11.9. The van der Waals surface area contributed by atoms with Crippen molar-refractivity contribution in [3.8, 4) is 5.75 Å². The van der Waals surface area contributed by atoms with Crippen LogP contribution < -0.4 is 4.74 Å². The molecular weight excluding hydrogens is 260 g/mol. The molecule has 2 aliphatic rings. The van der Waals surface area contributed by atoms with E-state index >= 15 is 0 Å². The molecular formula is C14H16N2O4. The van der Waals surface area contributed by atoms with Crippen LogP contribution >= 0.6 is 0 Å². The summed E-state index contributed by atoms with van der Waals surface area (Å²) in [6, 6.07) is 6.02. The van der Waals surface area contributed by atoms with Crippen LogP contribution in [0.25, 0.3) is 0 Å². The number of rotatable bonds is 4. The summed E-state index contributed by atoms with van der Waals surface area (Å²) in [5.74, 6) is 1.58. The van der Waals surface area contributed by atoms with Crippen LogP contribution in [0.5, 0.6) is 5.75 Å². The van der Waals surface area contributed by atoms with Gasteiger partial charge in [0.1, 0.15) is 11.9 Å². The molecule has 1 saturated carbocycles. The predicted molar refractivity (Wildman–Crippen MR) is 71.4 cm³/mol. The van der Waals surface area contributed by atoms with Gasteiger partial charge in [-0.2, -0.15) is 0 Å². The van der Waals surface area contributed by atoms with Gasteiger partial charge in [-0.3, -0.25) is 14.9 Å². The SMILES string of the molecule is CC1CC1C(=O)N1CC(Oc2ccc([N+](=O)[O-])cc2)C1. The Balaban J connectivity index is 1.48. The Morgan fingerprint density at radius 1 is 1.35 bits per heavy atom. The number of carbonyl (C=O) groups excluding carboxylic acids is 1. The third-order valence-electron chi connectivity index (χ3n) is 3.94. The highest BCUT2D eigenvalue weighted by Crippen LogP contribution is 2.40. The minimum Gasteiger partial charge on any atom is -0.487 e. The monoisotopic (exact) mass is 276 g/mol. The average Bonchev–Trinajstić information content (AvgIpc) is 3.10. The summed E-state index contributed by atoms with van der Waals surface area (Å²) >= 11 is 0. The Morgan fingerprint density at radius 2 is 1.95 bits per heavy atom. The number of hydrogen-bond acceptors (Lipinski definition) is 4. The second-order valence-electron chi connectivity index (χ2n) is 5.55. The second kappa shape index (κ2) is 4.77. The molecule has 1 heterocycles. The number of likely N-dealkylation sites (tertiary alicyclic amines) is 1. The van der Waals surface area contributed by atoms with E-state index in [0.717, 1.165) is 6.42 Å². The van der Waals surface area contributed by atoms with Gasteiger partial charge < -0.3 is 9.64 Å². The molecule has 1 amide bonds. The van der Waals surface area contributed by atoms with E-state index in [4.69, 9.17) is 4.74 Å². The highest BCUT2D eigenvalue weighted by Gasteiger charge is 2.45. The summed E-state index contributed by atoms with van der Waals surface area (Å²) in [6.07, 6.45) is 0.998. The molecule has 2 unspecified atom stereocenters. The van der Waals surface area contributed by atoms with Gasteiger partial charge >= 0.3 is 0 Å². The zero-order chi connectivity index (χ0) is 14.3. The van der Waals surface area contributed by atoms with Gasteiger partial charge in [0.2, 0.25) is 5.91 Å². The molecule has 20 heavy (non-hydrogen) atoms. The van der Waals surface area contributed by atoms with Crippen LogP contribution in [0.3, 0.4) is 0 Å². The fourth-order valence-electron chi connectivity index (χ4n) is 2.43. The molecule has 2 atom stereocenters. The topological polar surface area (TPSA) is 72.7 Å². The smallest absolute Gasteiger partial charge is 0.269 e. The summed E-state index contributed by atoms with van der Waals surface area (Å²) < 4.78 is 5.68. The molecule has 6 heteroatoms. The number of non-ortho nitro benzene ring substituents is 1. The molecule has 3 rings (SSSR count). The summed E-state index contributed by atoms with van der Waals surface area (Å²) in [5, 5.41) is 10.5. The number of amides is 1. The Labute approximate surface area is 116 Å². The lowest BCUT2D eigenvalue weighted by atomic mass is 10.1. The van der Waals surface area contributed by atoms with E-state index in [1.165, 1.54) is 12.1 Å². The first-order valence-electron chi connectivity index (χ1n) is 6.74. The van der Waals surface area contributed by atoms with Crippen LogP contribution in [-0.4, -0.2) is 34.9 Å². The van der Waals surface area contributed by atoms with Gasteiger partial charge in [0, 0.05) is 18.1 Å². The third kappa shape index (κ3) is 2.45. The average molecular weight is 276 g/mol. The lowest BCUT2D eigenvalue weighted by molar-refractivity contribution is -0.384. The van der Waals surface area contributed by atoms with E-state index in [-0.39, 0.29) is 23.6 Å². The first-order valence-corrected chi connectivity index (χ1v) is 6.74. The zero-order valence-corrected chi connectivity index (χ0v) is 11.2. The molecule has 0 N–H and O–H groups in total. The number of hydrogen-bond donors (Lipinski definition) is 0. The van der Waals surface area contributed by atoms with E-state index in [1.54, 1.807) is 12.1 Å². The highest BCUT2D eigenvalue weighted by molar-refractivity contribution is 5.82. The van der Waals surface area contributed by atoms with E-state index in [0.29, 0.717) is 24.8 Å². The zero-order valence-electron chi connectivity index (χ0n) is 11.2. The number of ether oxygens (including phenoxy) is 1. The summed E-state index contributed by atoms with van der Waals surface area (Å²) in [6.45, 7) is 3.31. The Kier molecular flexibility index (Phi) is 3.08. The predicted octanol–water partition coefficient (Wildman–Crippen LogP) is 1.84. The first kappa shape index (κ1) is 12.9. The van der Waals surface area contributed by atoms with Gasteiger partial charge in [-0.05, 0) is 24.5 Å². The number of nitro benzene ring substituents is 1. The van der Waals surface area contributed by atoms with Gasteiger partial charge in [-0.25, -0.2) is 0 Å². The number of nitrogens with zero attached hydrogens (tertiary/aromatic N) is 2. The van der Waals surface area contributed by atoms with E-state index in [1.807, 2.05) is 4.90 Å². The van der Waals surface area contributed by atoms with Crippen molar-refractivity contribution in [2.75, 3.05) is 13.1 Å². The number of carbonyl (C=O) groups is 1. The molecule has 1 aromatic carbocycles.